The first-order valence-electron chi connectivity index (χ1n) is 5.52. The Bertz CT molecular complexity index is 492. The second kappa shape index (κ2) is 4.11. The lowest BCUT2D eigenvalue weighted by Crippen LogP contribution is -2.22. The molecule has 0 spiro atoms. The minimum atomic E-state index is -0.122. The van der Waals surface area contributed by atoms with Gasteiger partial charge in [0.25, 0.3) is 5.91 Å². The van der Waals surface area contributed by atoms with E-state index in [0.29, 0.717) is 5.57 Å². The summed E-state index contributed by atoms with van der Waals surface area (Å²) in [5.41, 5.74) is 1.45. The molecule has 1 amide bonds. The van der Waals surface area contributed by atoms with E-state index < -0.39 is 0 Å². The summed E-state index contributed by atoms with van der Waals surface area (Å²) in [6.07, 6.45) is 1.93. The minimum absolute atomic E-state index is 0.0247. The van der Waals surface area contributed by atoms with Crippen LogP contribution in [-0.4, -0.2) is 23.7 Å². The Balaban J connectivity index is 2.45. The lowest BCUT2D eigenvalue weighted by atomic mass is 9.85. The quantitative estimate of drug-likeness (QED) is 0.703. The number of rotatable bonds is 1. The van der Waals surface area contributed by atoms with Crippen LogP contribution in [0, 0.1) is 5.41 Å². The van der Waals surface area contributed by atoms with Gasteiger partial charge < -0.3 is 0 Å². The van der Waals surface area contributed by atoms with Gasteiger partial charge in [-0.3, -0.25) is 4.79 Å². The molecule has 0 fully saturated rings. The van der Waals surface area contributed by atoms with E-state index in [-0.39, 0.29) is 11.3 Å². The molecule has 2 rings (SSSR count). The van der Waals surface area contributed by atoms with Crippen LogP contribution in [0.25, 0.3) is 6.08 Å². The molecule has 0 unspecified atom stereocenters. The molecule has 4 heteroatoms. The maximum atomic E-state index is 12.0. The number of amides is 1. The number of thiophene rings is 1. The van der Waals surface area contributed by atoms with Gasteiger partial charge in [-0.25, -0.2) is 5.01 Å². The van der Waals surface area contributed by atoms with Crippen LogP contribution in [0.1, 0.15) is 25.6 Å². The molecular weight excluding hydrogens is 232 g/mol. The molecule has 3 nitrogen and oxygen atoms in total. The Morgan fingerprint density at radius 3 is 2.65 bits per heavy atom. The van der Waals surface area contributed by atoms with Crippen LogP contribution in [0.5, 0.6) is 0 Å². The molecule has 0 saturated heterocycles. The zero-order valence-electron chi connectivity index (χ0n) is 10.5. The Morgan fingerprint density at radius 2 is 2.12 bits per heavy atom. The molecule has 0 N–H and O–H groups in total. The largest absolute Gasteiger partial charge is 0.275 e. The molecule has 0 atom stereocenters. The minimum Gasteiger partial charge on any atom is -0.267 e. The van der Waals surface area contributed by atoms with Gasteiger partial charge in [-0.15, -0.1) is 11.3 Å². The number of nitrogens with zero attached hydrogens (tertiary/aromatic N) is 2. The van der Waals surface area contributed by atoms with Gasteiger partial charge in [-0.1, -0.05) is 26.8 Å². The van der Waals surface area contributed by atoms with Crippen LogP contribution in [0.15, 0.2) is 28.2 Å². The summed E-state index contributed by atoms with van der Waals surface area (Å²) in [6, 6.07) is 3.98. The number of hydrogen-bond donors (Lipinski definition) is 0. The van der Waals surface area contributed by atoms with Gasteiger partial charge in [0.1, 0.15) is 0 Å². The van der Waals surface area contributed by atoms with E-state index in [9.17, 15) is 4.79 Å². The van der Waals surface area contributed by atoms with Crippen LogP contribution in [0.2, 0.25) is 0 Å². The average Bonchev–Trinajstić information content (AvgIpc) is 2.80. The predicted molar refractivity (Wildman–Crippen MR) is 72.0 cm³/mol. The summed E-state index contributed by atoms with van der Waals surface area (Å²) < 4.78 is 0. The molecular formula is C13H16N2OS. The van der Waals surface area contributed by atoms with Gasteiger partial charge in [0, 0.05) is 17.3 Å². The van der Waals surface area contributed by atoms with Crippen LogP contribution >= 0.6 is 11.3 Å². The molecule has 1 aromatic heterocycles. The van der Waals surface area contributed by atoms with E-state index in [4.69, 9.17) is 0 Å². The topological polar surface area (TPSA) is 32.7 Å². The highest BCUT2D eigenvalue weighted by Crippen LogP contribution is 2.29. The molecule has 0 aliphatic carbocycles. The van der Waals surface area contributed by atoms with Gasteiger partial charge in [0.05, 0.1) is 11.3 Å². The van der Waals surface area contributed by atoms with E-state index in [2.05, 4.69) is 25.9 Å². The fourth-order valence-corrected chi connectivity index (χ4v) is 2.38. The molecule has 0 bridgehead atoms. The van der Waals surface area contributed by atoms with Gasteiger partial charge in [0.2, 0.25) is 0 Å². The molecule has 0 saturated carbocycles. The summed E-state index contributed by atoms with van der Waals surface area (Å²) in [4.78, 5) is 13.1. The second-order valence-electron chi connectivity index (χ2n) is 5.10. The van der Waals surface area contributed by atoms with Gasteiger partial charge in [-0.2, -0.15) is 5.10 Å². The Hall–Kier alpha value is -1.42. The molecule has 1 aliphatic heterocycles. The third-order valence-corrected chi connectivity index (χ3v) is 3.39. The summed E-state index contributed by atoms with van der Waals surface area (Å²) in [6.45, 7) is 6.21. The monoisotopic (exact) mass is 248 g/mol. The van der Waals surface area contributed by atoms with Crippen LogP contribution in [0.4, 0.5) is 0 Å². The highest BCUT2D eigenvalue weighted by atomic mass is 32.1. The fraction of sp³-hybridized carbons (Fsp3) is 0.385. The van der Waals surface area contributed by atoms with Crippen molar-refractivity contribution in [2.75, 3.05) is 7.05 Å². The van der Waals surface area contributed by atoms with E-state index in [1.807, 2.05) is 23.6 Å². The lowest BCUT2D eigenvalue weighted by Gasteiger charge is -2.17. The Labute approximate surface area is 105 Å². The zero-order valence-corrected chi connectivity index (χ0v) is 11.3. The molecule has 2 heterocycles. The molecule has 1 aromatic rings. The smallest absolute Gasteiger partial charge is 0.267 e. The number of likely N-dealkylation sites (N-methyl/N-ethyl adjacent to an activating group) is 1. The maximum Gasteiger partial charge on any atom is 0.275 e. The standard InChI is InChI=1S/C13H16N2OS/c1-13(2,3)11-10(12(16)15(4)14-11)8-9-6-5-7-17-9/h5-8H,1-4H3/b10-8-. The molecule has 0 radical (unpaired) electrons. The Morgan fingerprint density at radius 1 is 1.41 bits per heavy atom. The van der Waals surface area contributed by atoms with E-state index in [0.717, 1.165) is 10.6 Å². The summed E-state index contributed by atoms with van der Waals surface area (Å²) in [5.74, 6) is -0.0247. The summed E-state index contributed by atoms with van der Waals surface area (Å²) >= 11 is 1.62. The van der Waals surface area contributed by atoms with Crippen LogP contribution in [0.3, 0.4) is 0 Å². The van der Waals surface area contributed by atoms with E-state index in [1.165, 1.54) is 5.01 Å². The maximum absolute atomic E-state index is 12.0. The Kier molecular flexibility index (Phi) is 2.91. The lowest BCUT2D eigenvalue weighted by molar-refractivity contribution is -0.124. The van der Waals surface area contributed by atoms with Gasteiger partial charge in [-0.05, 0) is 17.5 Å². The van der Waals surface area contributed by atoms with Gasteiger partial charge in [0.15, 0.2) is 0 Å². The van der Waals surface area contributed by atoms with Crippen molar-refractivity contribution >= 4 is 29.0 Å². The van der Waals surface area contributed by atoms with E-state index in [1.54, 1.807) is 18.4 Å². The fourth-order valence-electron chi connectivity index (χ4n) is 1.72. The van der Waals surface area contributed by atoms with Gasteiger partial charge >= 0.3 is 0 Å². The third-order valence-electron chi connectivity index (χ3n) is 2.57. The summed E-state index contributed by atoms with van der Waals surface area (Å²) in [7, 11) is 1.70. The normalized spacial score (nSPS) is 19.1. The van der Waals surface area contributed by atoms with Crippen LogP contribution < -0.4 is 0 Å². The highest BCUT2D eigenvalue weighted by molar-refractivity contribution is 7.10. The van der Waals surface area contributed by atoms with E-state index >= 15 is 0 Å². The van der Waals surface area contributed by atoms with Crippen molar-refractivity contribution in [3.63, 3.8) is 0 Å². The summed E-state index contributed by atoms with van der Waals surface area (Å²) in [5, 5.41) is 7.76. The molecule has 1 aliphatic rings. The number of carbonyl (C=O) groups is 1. The average molecular weight is 248 g/mol. The number of hydrazone groups is 1. The second-order valence-corrected chi connectivity index (χ2v) is 6.08. The van der Waals surface area contributed by atoms with Crippen molar-refractivity contribution < 1.29 is 4.79 Å². The van der Waals surface area contributed by atoms with Crippen molar-refractivity contribution in [3.8, 4) is 0 Å². The number of hydrogen-bond acceptors (Lipinski definition) is 3. The van der Waals surface area contributed by atoms with Crippen molar-refractivity contribution in [2.24, 2.45) is 10.5 Å². The van der Waals surface area contributed by atoms with Crippen LogP contribution in [-0.2, 0) is 4.79 Å². The third kappa shape index (κ3) is 2.31. The molecule has 17 heavy (non-hydrogen) atoms. The highest BCUT2D eigenvalue weighted by Gasteiger charge is 2.34. The van der Waals surface area contributed by atoms with Crippen molar-refractivity contribution in [3.05, 3.63) is 28.0 Å². The zero-order chi connectivity index (χ0) is 12.6. The SMILES string of the molecule is CN1N=C(C(C)(C)C)/C(=C/c2cccs2)C1=O. The first-order valence-corrected chi connectivity index (χ1v) is 6.40. The number of carbonyl (C=O) groups excluding carboxylic acids is 1. The molecule has 90 valence electrons. The predicted octanol–water partition coefficient (Wildman–Crippen LogP) is 3.01. The first-order chi connectivity index (χ1) is 7.89. The first kappa shape index (κ1) is 12.0. The van der Waals surface area contributed by atoms with Crippen molar-refractivity contribution in [2.45, 2.75) is 20.8 Å². The molecule has 0 aromatic carbocycles. The van der Waals surface area contributed by atoms with Crippen molar-refractivity contribution in [1.29, 1.82) is 0 Å². The van der Waals surface area contributed by atoms with Crippen molar-refractivity contribution in [1.82, 2.24) is 5.01 Å².